The summed E-state index contributed by atoms with van der Waals surface area (Å²) >= 11 is 1.40. The van der Waals surface area contributed by atoms with Gasteiger partial charge in [-0.25, -0.2) is 4.39 Å². The van der Waals surface area contributed by atoms with Crippen LogP contribution in [0.4, 0.5) is 10.2 Å². The largest absolute Gasteiger partial charge is 0.352 e. The summed E-state index contributed by atoms with van der Waals surface area (Å²) in [5.74, 6) is -0.0522. The number of H-pyrrole nitrogens is 1. The molecule has 0 fully saturated rings. The lowest BCUT2D eigenvalue weighted by Gasteiger charge is -2.05. The lowest BCUT2D eigenvalue weighted by molar-refractivity contribution is -0.120. The molecule has 2 aromatic heterocycles. The van der Waals surface area contributed by atoms with E-state index in [1.54, 1.807) is 12.1 Å². The van der Waals surface area contributed by atoms with Gasteiger partial charge in [-0.2, -0.15) is 5.10 Å². The average Bonchev–Trinajstić information content (AvgIpc) is 3.28. The van der Waals surface area contributed by atoms with E-state index in [-0.39, 0.29) is 30.5 Å². The zero-order valence-electron chi connectivity index (χ0n) is 16.9. The molecule has 0 bridgehead atoms. The first-order valence-electron chi connectivity index (χ1n) is 9.79. The quantitative estimate of drug-likeness (QED) is 0.407. The molecular formula is C23H21FN4O2S. The van der Waals surface area contributed by atoms with Crippen molar-refractivity contribution in [3.63, 3.8) is 0 Å². The van der Waals surface area contributed by atoms with E-state index in [1.165, 1.54) is 23.5 Å². The van der Waals surface area contributed by atoms with Crippen molar-refractivity contribution in [3.05, 3.63) is 82.0 Å². The van der Waals surface area contributed by atoms with Crippen LogP contribution in [0.25, 0.3) is 10.2 Å². The number of thiophene rings is 1. The summed E-state index contributed by atoms with van der Waals surface area (Å²) < 4.78 is 13.0. The molecule has 2 heterocycles. The number of fused-ring (bicyclic) bond motifs is 1. The van der Waals surface area contributed by atoms with E-state index in [9.17, 15) is 14.0 Å². The van der Waals surface area contributed by atoms with Crippen molar-refractivity contribution < 1.29 is 14.0 Å². The number of nitrogens with one attached hydrogen (secondary N) is 3. The molecule has 2 amide bonds. The van der Waals surface area contributed by atoms with Crippen molar-refractivity contribution in [2.24, 2.45) is 0 Å². The van der Waals surface area contributed by atoms with Crippen LogP contribution in [0.2, 0.25) is 0 Å². The van der Waals surface area contributed by atoms with Gasteiger partial charge in [0.05, 0.1) is 18.2 Å². The Kier molecular flexibility index (Phi) is 6.08. The number of aromatic amines is 1. The Labute approximate surface area is 182 Å². The topological polar surface area (TPSA) is 86.9 Å². The molecule has 158 valence electrons. The van der Waals surface area contributed by atoms with Crippen LogP contribution < -0.4 is 10.6 Å². The van der Waals surface area contributed by atoms with Gasteiger partial charge < -0.3 is 10.6 Å². The molecule has 0 aliphatic heterocycles. The maximum absolute atomic E-state index is 13.0. The fourth-order valence-electron chi connectivity index (χ4n) is 3.26. The molecule has 0 aliphatic carbocycles. The minimum Gasteiger partial charge on any atom is -0.352 e. The molecule has 2 aromatic carbocycles. The van der Waals surface area contributed by atoms with E-state index < -0.39 is 0 Å². The third-order valence-electron chi connectivity index (χ3n) is 4.75. The van der Waals surface area contributed by atoms with Gasteiger partial charge in [0.1, 0.15) is 16.5 Å². The first-order valence-corrected chi connectivity index (χ1v) is 10.6. The van der Waals surface area contributed by atoms with Crippen molar-refractivity contribution in [2.75, 3.05) is 5.32 Å². The number of hydrogen-bond donors (Lipinski definition) is 3. The summed E-state index contributed by atoms with van der Waals surface area (Å²) in [6.07, 6.45) is 0.476. The number of halogens is 1. The molecule has 0 spiro atoms. The van der Waals surface area contributed by atoms with Crippen molar-refractivity contribution >= 4 is 39.2 Å². The lowest BCUT2D eigenvalue weighted by atomic mass is 10.1. The maximum atomic E-state index is 13.0. The molecule has 3 N–H and O–H groups in total. The molecule has 0 saturated carbocycles. The lowest BCUT2D eigenvalue weighted by Crippen LogP contribution is -2.24. The number of rotatable bonds is 7. The Morgan fingerprint density at radius 3 is 2.61 bits per heavy atom. The van der Waals surface area contributed by atoms with Gasteiger partial charge in [-0.3, -0.25) is 14.7 Å². The molecule has 0 saturated heterocycles. The maximum Gasteiger partial charge on any atom is 0.229 e. The van der Waals surface area contributed by atoms with Gasteiger partial charge in [0.25, 0.3) is 0 Å². The van der Waals surface area contributed by atoms with Crippen molar-refractivity contribution in [2.45, 2.75) is 26.3 Å². The third kappa shape index (κ3) is 5.35. The van der Waals surface area contributed by atoms with Crippen LogP contribution >= 0.6 is 11.3 Å². The number of aromatic nitrogens is 2. The van der Waals surface area contributed by atoms with E-state index in [2.05, 4.69) is 20.8 Å². The summed E-state index contributed by atoms with van der Waals surface area (Å²) in [6, 6.07) is 15.7. The highest BCUT2D eigenvalue weighted by Gasteiger charge is 2.15. The molecule has 31 heavy (non-hydrogen) atoms. The minimum absolute atomic E-state index is 0.137. The Balaban J connectivity index is 1.36. The fourth-order valence-corrected chi connectivity index (χ4v) is 4.25. The van der Waals surface area contributed by atoms with E-state index >= 15 is 0 Å². The van der Waals surface area contributed by atoms with Gasteiger partial charge in [0.15, 0.2) is 0 Å². The third-order valence-corrected chi connectivity index (χ3v) is 5.78. The summed E-state index contributed by atoms with van der Waals surface area (Å²) in [6.45, 7) is 2.32. The highest BCUT2D eigenvalue weighted by Crippen LogP contribution is 2.29. The molecular weight excluding hydrogens is 415 g/mol. The highest BCUT2D eigenvalue weighted by atomic mass is 32.1. The number of benzene rings is 2. The van der Waals surface area contributed by atoms with Crippen LogP contribution in [0.1, 0.15) is 21.6 Å². The average molecular weight is 437 g/mol. The van der Waals surface area contributed by atoms with Crippen LogP contribution in [-0.4, -0.2) is 22.0 Å². The predicted molar refractivity (Wildman–Crippen MR) is 119 cm³/mol. The number of aryl methyl sites for hydroxylation is 1. The Morgan fingerprint density at radius 2 is 1.84 bits per heavy atom. The van der Waals surface area contributed by atoms with Gasteiger partial charge in [-0.1, -0.05) is 42.0 Å². The molecule has 8 heteroatoms. The first-order chi connectivity index (χ1) is 15.0. The number of anilines is 1. The highest BCUT2D eigenvalue weighted by molar-refractivity contribution is 7.18. The second kappa shape index (κ2) is 9.09. The zero-order chi connectivity index (χ0) is 21.8. The summed E-state index contributed by atoms with van der Waals surface area (Å²) in [5.41, 5.74) is 2.88. The number of hydrogen-bond acceptors (Lipinski definition) is 4. The van der Waals surface area contributed by atoms with E-state index in [0.717, 1.165) is 31.8 Å². The van der Waals surface area contributed by atoms with Crippen LogP contribution in [0.3, 0.4) is 0 Å². The minimum atomic E-state index is -0.307. The van der Waals surface area contributed by atoms with Crippen LogP contribution in [0.15, 0.2) is 54.6 Å². The summed E-state index contributed by atoms with van der Waals surface area (Å²) in [5, 5.41) is 13.6. The molecule has 6 nitrogen and oxygen atoms in total. The van der Waals surface area contributed by atoms with Crippen molar-refractivity contribution in [1.82, 2.24) is 15.5 Å². The smallest absolute Gasteiger partial charge is 0.229 e. The Hall–Kier alpha value is -3.52. The standard InChI is InChI=1S/C23H21FN4O2S/c1-14-3-2-4-16(9-14)10-21(30)26-22-19-11-18(31-23(19)28-27-22)12-20(29)25-13-15-5-7-17(24)8-6-15/h2-9,11H,10,12-13H2,1H3,(H,25,29)(H2,26,27,28,30). The monoisotopic (exact) mass is 436 g/mol. The molecule has 0 atom stereocenters. The normalized spacial score (nSPS) is 10.9. The second-order valence-electron chi connectivity index (χ2n) is 7.32. The van der Waals surface area contributed by atoms with E-state index in [4.69, 9.17) is 0 Å². The first kappa shape index (κ1) is 20.7. The molecule has 4 aromatic rings. The van der Waals surface area contributed by atoms with Crippen molar-refractivity contribution in [3.8, 4) is 0 Å². The Morgan fingerprint density at radius 1 is 1.03 bits per heavy atom. The van der Waals surface area contributed by atoms with Crippen molar-refractivity contribution in [1.29, 1.82) is 0 Å². The SMILES string of the molecule is Cc1cccc(CC(=O)Nc2[nH]nc3sc(CC(=O)NCc4ccc(F)cc4)cc23)c1. The number of amides is 2. The number of carbonyl (C=O) groups excluding carboxylic acids is 2. The van der Waals surface area contributed by atoms with Gasteiger partial charge in [-0.05, 0) is 36.2 Å². The van der Waals surface area contributed by atoms with E-state index in [1.807, 2.05) is 37.3 Å². The predicted octanol–water partition coefficient (Wildman–Crippen LogP) is 4.11. The van der Waals surface area contributed by atoms with Crippen LogP contribution in [0, 0.1) is 12.7 Å². The molecule has 0 unspecified atom stereocenters. The molecule has 4 rings (SSSR count). The Bertz CT molecular complexity index is 1230. The molecule has 0 aliphatic rings. The van der Waals surface area contributed by atoms with Crippen LogP contribution in [-0.2, 0) is 29.0 Å². The second-order valence-corrected chi connectivity index (χ2v) is 8.44. The van der Waals surface area contributed by atoms with Gasteiger partial charge in [0, 0.05) is 11.4 Å². The van der Waals surface area contributed by atoms with Gasteiger partial charge in [0.2, 0.25) is 11.8 Å². The van der Waals surface area contributed by atoms with Crippen LogP contribution in [0.5, 0.6) is 0 Å². The summed E-state index contributed by atoms with van der Waals surface area (Å²) in [7, 11) is 0. The van der Waals surface area contributed by atoms with Gasteiger partial charge >= 0.3 is 0 Å². The van der Waals surface area contributed by atoms with E-state index in [0.29, 0.717) is 12.4 Å². The number of carbonyl (C=O) groups is 2. The fraction of sp³-hybridized carbons (Fsp3) is 0.174. The summed E-state index contributed by atoms with van der Waals surface area (Å²) in [4.78, 5) is 26.3. The molecule has 0 radical (unpaired) electrons. The number of nitrogens with zero attached hydrogens (tertiary/aromatic N) is 1. The van der Waals surface area contributed by atoms with Gasteiger partial charge in [-0.15, -0.1) is 11.3 Å². The zero-order valence-corrected chi connectivity index (χ0v) is 17.7.